The fourth-order valence-corrected chi connectivity index (χ4v) is 3.86. The standard InChI is InChI=1S/C15H26N2S/c1-4-16-14(10-13-11-18-12(2)17-13)15(3)8-6-5-7-9-15/h11,14,16H,4-10H2,1-3H3. The van der Waals surface area contributed by atoms with Gasteiger partial charge in [-0.1, -0.05) is 33.1 Å². The first-order valence-corrected chi connectivity index (χ1v) is 8.16. The molecule has 0 saturated heterocycles. The zero-order valence-corrected chi connectivity index (χ0v) is 12.8. The van der Waals surface area contributed by atoms with E-state index >= 15 is 0 Å². The van der Waals surface area contributed by atoms with Crippen LogP contribution < -0.4 is 5.32 Å². The molecule has 0 aliphatic heterocycles. The number of nitrogens with zero attached hydrogens (tertiary/aromatic N) is 1. The average molecular weight is 266 g/mol. The van der Waals surface area contributed by atoms with Crippen LogP contribution >= 0.6 is 11.3 Å². The minimum atomic E-state index is 0.464. The van der Waals surface area contributed by atoms with Crippen LogP contribution in [0.2, 0.25) is 0 Å². The molecule has 3 heteroatoms. The third kappa shape index (κ3) is 3.33. The van der Waals surface area contributed by atoms with Crippen LogP contribution in [0.15, 0.2) is 5.38 Å². The number of nitrogens with one attached hydrogen (secondary N) is 1. The Morgan fingerprint density at radius 1 is 1.39 bits per heavy atom. The molecule has 0 spiro atoms. The number of thiazole rings is 1. The number of aromatic nitrogens is 1. The van der Waals surface area contributed by atoms with Crippen molar-refractivity contribution in [1.82, 2.24) is 10.3 Å². The van der Waals surface area contributed by atoms with Crippen molar-refractivity contribution in [3.05, 3.63) is 16.1 Å². The van der Waals surface area contributed by atoms with Gasteiger partial charge in [-0.2, -0.15) is 0 Å². The summed E-state index contributed by atoms with van der Waals surface area (Å²) in [6, 6.07) is 0.587. The van der Waals surface area contributed by atoms with E-state index in [0.29, 0.717) is 11.5 Å². The summed E-state index contributed by atoms with van der Waals surface area (Å²) in [6.07, 6.45) is 8.05. The number of aryl methyl sites for hydroxylation is 1. The predicted molar refractivity (Wildman–Crippen MR) is 79.2 cm³/mol. The van der Waals surface area contributed by atoms with Crippen molar-refractivity contribution in [1.29, 1.82) is 0 Å². The summed E-state index contributed by atoms with van der Waals surface area (Å²) >= 11 is 1.77. The molecule has 1 aliphatic carbocycles. The molecule has 1 N–H and O–H groups in total. The van der Waals surface area contributed by atoms with Gasteiger partial charge in [0.15, 0.2) is 0 Å². The van der Waals surface area contributed by atoms with E-state index in [4.69, 9.17) is 0 Å². The molecule has 1 atom stereocenters. The maximum absolute atomic E-state index is 4.64. The van der Waals surface area contributed by atoms with E-state index in [1.807, 2.05) is 0 Å². The predicted octanol–water partition coefficient (Wildman–Crippen LogP) is 3.94. The van der Waals surface area contributed by atoms with Crippen molar-refractivity contribution in [2.24, 2.45) is 5.41 Å². The third-order valence-electron chi connectivity index (χ3n) is 4.37. The lowest BCUT2D eigenvalue weighted by Gasteiger charge is -2.41. The molecule has 1 aromatic rings. The molecule has 0 aromatic carbocycles. The van der Waals surface area contributed by atoms with Gasteiger partial charge in [-0.25, -0.2) is 4.98 Å². The monoisotopic (exact) mass is 266 g/mol. The molecule has 102 valence electrons. The van der Waals surface area contributed by atoms with E-state index in [2.05, 4.69) is 36.5 Å². The first kappa shape index (κ1) is 14.0. The van der Waals surface area contributed by atoms with Crippen molar-refractivity contribution in [3.63, 3.8) is 0 Å². The molecule has 0 amide bonds. The zero-order valence-electron chi connectivity index (χ0n) is 12.0. The number of hydrogen-bond acceptors (Lipinski definition) is 3. The lowest BCUT2D eigenvalue weighted by molar-refractivity contribution is 0.144. The first-order valence-electron chi connectivity index (χ1n) is 7.28. The SMILES string of the molecule is CCNC(Cc1csc(C)n1)C1(C)CCCCC1. The Balaban J connectivity index is 2.06. The fraction of sp³-hybridized carbons (Fsp3) is 0.800. The van der Waals surface area contributed by atoms with Crippen LogP contribution in [-0.2, 0) is 6.42 Å². The maximum Gasteiger partial charge on any atom is 0.0897 e. The van der Waals surface area contributed by atoms with Crippen molar-refractivity contribution < 1.29 is 0 Å². The van der Waals surface area contributed by atoms with Gasteiger partial charge in [-0.3, -0.25) is 0 Å². The van der Waals surface area contributed by atoms with Crippen LogP contribution in [0, 0.1) is 12.3 Å². The van der Waals surface area contributed by atoms with Gasteiger partial charge in [-0.15, -0.1) is 11.3 Å². The Bertz CT molecular complexity index is 366. The van der Waals surface area contributed by atoms with Gasteiger partial charge in [0.2, 0.25) is 0 Å². The quantitative estimate of drug-likeness (QED) is 0.873. The minimum Gasteiger partial charge on any atom is -0.313 e. The second-order valence-corrected chi connectivity index (χ2v) is 6.95. The summed E-state index contributed by atoms with van der Waals surface area (Å²) < 4.78 is 0. The van der Waals surface area contributed by atoms with Gasteiger partial charge in [0.05, 0.1) is 10.7 Å². The van der Waals surface area contributed by atoms with Crippen LogP contribution in [0.1, 0.15) is 56.7 Å². The Labute approximate surface area is 115 Å². The van der Waals surface area contributed by atoms with E-state index < -0.39 is 0 Å². The van der Waals surface area contributed by atoms with E-state index in [0.717, 1.165) is 13.0 Å². The van der Waals surface area contributed by atoms with Crippen LogP contribution in [-0.4, -0.2) is 17.6 Å². The molecule has 2 nitrogen and oxygen atoms in total. The maximum atomic E-state index is 4.64. The zero-order chi connectivity index (χ0) is 13.0. The summed E-state index contributed by atoms with van der Waals surface area (Å²) in [5, 5.41) is 7.13. The molecule has 18 heavy (non-hydrogen) atoms. The van der Waals surface area contributed by atoms with E-state index in [-0.39, 0.29) is 0 Å². The molecule has 1 unspecified atom stereocenters. The summed E-state index contributed by atoms with van der Waals surface area (Å²) in [6.45, 7) is 7.84. The molecule has 1 aromatic heterocycles. The van der Waals surface area contributed by atoms with Gasteiger partial charge in [0.25, 0.3) is 0 Å². The number of hydrogen-bond donors (Lipinski definition) is 1. The summed E-state index contributed by atoms with van der Waals surface area (Å²) in [5.41, 5.74) is 1.74. The van der Waals surface area contributed by atoms with Crippen molar-refractivity contribution in [2.75, 3.05) is 6.54 Å². The first-order chi connectivity index (χ1) is 8.64. The Hall–Kier alpha value is -0.410. The fourth-order valence-electron chi connectivity index (χ4n) is 3.23. The van der Waals surface area contributed by atoms with Crippen LogP contribution in [0.25, 0.3) is 0 Å². The Morgan fingerprint density at radius 3 is 2.67 bits per heavy atom. The molecule has 2 rings (SSSR count). The van der Waals surface area contributed by atoms with Crippen LogP contribution in [0.5, 0.6) is 0 Å². The minimum absolute atomic E-state index is 0.464. The van der Waals surface area contributed by atoms with Crippen molar-refractivity contribution >= 4 is 11.3 Å². The van der Waals surface area contributed by atoms with Gasteiger partial charge >= 0.3 is 0 Å². The molecule has 0 radical (unpaired) electrons. The highest BCUT2D eigenvalue weighted by atomic mass is 32.1. The van der Waals surface area contributed by atoms with Gasteiger partial charge in [-0.05, 0) is 31.7 Å². The molecule has 1 aliphatic rings. The van der Waals surface area contributed by atoms with Gasteiger partial charge in [0.1, 0.15) is 0 Å². The highest BCUT2D eigenvalue weighted by Crippen LogP contribution is 2.39. The van der Waals surface area contributed by atoms with Crippen molar-refractivity contribution in [2.45, 2.75) is 65.3 Å². The third-order valence-corrected chi connectivity index (χ3v) is 5.19. The highest BCUT2D eigenvalue weighted by molar-refractivity contribution is 7.09. The second-order valence-electron chi connectivity index (χ2n) is 5.89. The topological polar surface area (TPSA) is 24.9 Å². The van der Waals surface area contributed by atoms with Crippen LogP contribution in [0.3, 0.4) is 0 Å². The summed E-state index contributed by atoms with van der Waals surface area (Å²) in [4.78, 5) is 4.64. The molecular weight excluding hydrogens is 240 g/mol. The van der Waals surface area contributed by atoms with E-state index in [9.17, 15) is 0 Å². The largest absolute Gasteiger partial charge is 0.313 e. The Morgan fingerprint density at radius 2 is 2.11 bits per heavy atom. The van der Waals surface area contributed by atoms with E-state index in [1.54, 1.807) is 11.3 Å². The normalized spacial score (nSPS) is 20.8. The molecule has 0 bridgehead atoms. The molecule has 1 saturated carbocycles. The van der Waals surface area contributed by atoms with E-state index in [1.165, 1.54) is 42.8 Å². The second kappa shape index (κ2) is 6.16. The average Bonchev–Trinajstić information content (AvgIpc) is 2.75. The van der Waals surface area contributed by atoms with Gasteiger partial charge < -0.3 is 5.32 Å². The van der Waals surface area contributed by atoms with Gasteiger partial charge in [0, 0.05) is 17.8 Å². The summed E-state index contributed by atoms with van der Waals surface area (Å²) in [7, 11) is 0. The lowest BCUT2D eigenvalue weighted by atomic mass is 9.69. The van der Waals surface area contributed by atoms with Crippen molar-refractivity contribution in [3.8, 4) is 0 Å². The van der Waals surface area contributed by atoms with Crippen LogP contribution in [0.4, 0.5) is 0 Å². The lowest BCUT2D eigenvalue weighted by Crippen LogP contribution is -2.46. The number of likely N-dealkylation sites (N-methyl/N-ethyl adjacent to an activating group) is 1. The summed E-state index contributed by atoms with van der Waals surface area (Å²) in [5.74, 6) is 0. The molecule has 1 fully saturated rings. The number of rotatable bonds is 5. The molecule has 1 heterocycles. The molecular formula is C15H26N2S. The Kier molecular flexibility index (Phi) is 4.79. The highest BCUT2D eigenvalue weighted by Gasteiger charge is 2.35. The smallest absolute Gasteiger partial charge is 0.0897 e.